The molecule has 1 aromatic heterocycles. The minimum atomic E-state index is -2.79. The number of alkyl halides is 2. The Morgan fingerprint density at radius 3 is 2.90 bits per heavy atom. The maximum Gasteiger partial charge on any atom is 0.417 e. The molecule has 2 aliphatic rings. The van der Waals surface area contributed by atoms with Crippen LogP contribution in [0, 0.1) is 0 Å². The number of hydrogen-bond donors (Lipinski definition) is 2. The van der Waals surface area contributed by atoms with Crippen LogP contribution in [0.2, 0.25) is 0 Å². The summed E-state index contributed by atoms with van der Waals surface area (Å²) >= 11 is 0. The van der Waals surface area contributed by atoms with Crippen molar-refractivity contribution in [3.63, 3.8) is 0 Å². The fourth-order valence-corrected chi connectivity index (χ4v) is 3.12. The molecule has 0 bridgehead atoms. The van der Waals surface area contributed by atoms with Gasteiger partial charge in [0.15, 0.2) is 5.82 Å². The van der Waals surface area contributed by atoms with Gasteiger partial charge in [-0.3, -0.25) is 4.79 Å². The van der Waals surface area contributed by atoms with Crippen LogP contribution in [0.15, 0.2) is 18.2 Å². The molecular formula is C17H18F2N6O4. The average molecular weight is 408 g/mol. The summed E-state index contributed by atoms with van der Waals surface area (Å²) in [6, 6.07) is 3.07. The second-order valence-electron chi connectivity index (χ2n) is 6.64. The van der Waals surface area contributed by atoms with Gasteiger partial charge in [0.1, 0.15) is 31.0 Å². The zero-order valence-electron chi connectivity index (χ0n) is 15.3. The van der Waals surface area contributed by atoms with E-state index in [9.17, 15) is 18.4 Å². The Hall–Kier alpha value is -3.44. The first-order valence-electron chi connectivity index (χ1n) is 8.87. The molecule has 0 saturated carbocycles. The lowest BCUT2D eigenvalue weighted by Crippen LogP contribution is -2.39. The second kappa shape index (κ2) is 7.18. The van der Waals surface area contributed by atoms with Crippen LogP contribution in [-0.4, -0.2) is 58.5 Å². The van der Waals surface area contributed by atoms with Crippen LogP contribution in [-0.2, 0) is 16.1 Å². The molecule has 0 spiro atoms. The van der Waals surface area contributed by atoms with Gasteiger partial charge in [-0.25, -0.2) is 23.2 Å². The van der Waals surface area contributed by atoms with E-state index in [1.807, 2.05) is 0 Å². The third kappa shape index (κ3) is 3.41. The lowest BCUT2D eigenvalue weighted by molar-refractivity contribution is -0.118. The van der Waals surface area contributed by atoms with Crippen molar-refractivity contribution >= 4 is 23.6 Å². The van der Waals surface area contributed by atoms with Crippen LogP contribution >= 0.6 is 0 Å². The quantitative estimate of drug-likeness (QED) is 0.762. The van der Waals surface area contributed by atoms with Crippen molar-refractivity contribution < 1.29 is 27.8 Å². The molecular weight excluding hydrogens is 390 g/mol. The molecule has 3 N–H and O–H groups in total. The minimum Gasteiger partial charge on any atom is -0.491 e. The number of benzene rings is 1. The number of primary amides is 1. The highest BCUT2D eigenvalue weighted by molar-refractivity contribution is 5.88. The summed E-state index contributed by atoms with van der Waals surface area (Å²) in [7, 11) is 0. The Labute approximate surface area is 163 Å². The van der Waals surface area contributed by atoms with E-state index in [2.05, 4.69) is 15.4 Å². The molecule has 2 atom stereocenters. The molecule has 29 heavy (non-hydrogen) atoms. The summed E-state index contributed by atoms with van der Waals surface area (Å²) in [6.45, 7) is 1.76. The SMILES string of the molecule is C[C@H](Nc1ccc2c(c1)OCCn1nc(N3C(=O)OC[C@H]3C(F)F)nc1-2)C(N)=O. The van der Waals surface area contributed by atoms with E-state index in [0.717, 1.165) is 4.90 Å². The van der Waals surface area contributed by atoms with Gasteiger partial charge in [0.25, 0.3) is 12.4 Å². The highest BCUT2D eigenvalue weighted by Gasteiger charge is 2.43. The van der Waals surface area contributed by atoms with E-state index < -0.39 is 37.1 Å². The highest BCUT2D eigenvalue weighted by atomic mass is 19.3. The topological polar surface area (TPSA) is 125 Å². The molecule has 2 aliphatic heterocycles. The van der Waals surface area contributed by atoms with Crippen LogP contribution in [0.25, 0.3) is 11.4 Å². The van der Waals surface area contributed by atoms with Crippen molar-refractivity contribution in [2.45, 2.75) is 32.0 Å². The Bertz CT molecular complexity index is 965. The number of aromatic nitrogens is 3. The average Bonchev–Trinajstić information content (AvgIpc) is 3.21. The standard InChI is InChI=1S/C17H18F2N6O4/c1-8(14(20)26)21-9-2-3-10-12(6-9)28-5-4-24-15(10)22-16(23-24)25-11(13(18)19)7-29-17(25)27/h2-3,6,8,11,13,21H,4-5,7H2,1H3,(H2,20,26)/t8-,11-/m0/s1. The smallest absolute Gasteiger partial charge is 0.417 e. The molecule has 2 aromatic rings. The molecule has 0 unspecified atom stereocenters. The lowest BCUT2D eigenvalue weighted by Gasteiger charge is -2.16. The Morgan fingerprint density at radius 1 is 1.38 bits per heavy atom. The second-order valence-corrected chi connectivity index (χ2v) is 6.64. The number of halogens is 2. The monoisotopic (exact) mass is 408 g/mol. The van der Waals surface area contributed by atoms with E-state index in [1.54, 1.807) is 25.1 Å². The fourth-order valence-electron chi connectivity index (χ4n) is 3.12. The van der Waals surface area contributed by atoms with Crippen LogP contribution in [0.3, 0.4) is 0 Å². The first kappa shape index (κ1) is 18.9. The molecule has 3 heterocycles. The summed E-state index contributed by atoms with van der Waals surface area (Å²) in [5.41, 5.74) is 6.45. The fraction of sp³-hybridized carbons (Fsp3) is 0.412. The summed E-state index contributed by atoms with van der Waals surface area (Å²) in [5, 5.41) is 7.17. The van der Waals surface area contributed by atoms with Gasteiger partial charge >= 0.3 is 6.09 Å². The Morgan fingerprint density at radius 2 is 2.17 bits per heavy atom. The highest BCUT2D eigenvalue weighted by Crippen LogP contribution is 2.35. The number of anilines is 2. The van der Waals surface area contributed by atoms with E-state index in [1.165, 1.54) is 4.68 Å². The van der Waals surface area contributed by atoms with Crippen LogP contribution < -0.4 is 20.7 Å². The Balaban J connectivity index is 1.68. The molecule has 1 fully saturated rings. The van der Waals surface area contributed by atoms with Crippen molar-refractivity contribution in [2.75, 3.05) is 23.4 Å². The summed E-state index contributed by atoms with van der Waals surface area (Å²) < 4.78 is 38.5. The molecule has 12 heteroatoms. The predicted octanol–water partition coefficient (Wildman–Crippen LogP) is 1.21. The van der Waals surface area contributed by atoms with Gasteiger partial charge in [-0.15, -0.1) is 5.10 Å². The maximum atomic E-state index is 13.2. The van der Waals surface area contributed by atoms with E-state index in [-0.39, 0.29) is 12.6 Å². The van der Waals surface area contributed by atoms with E-state index in [0.29, 0.717) is 29.4 Å². The van der Waals surface area contributed by atoms with Crippen LogP contribution in [0.5, 0.6) is 5.75 Å². The van der Waals surface area contributed by atoms with Gasteiger partial charge in [-0.1, -0.05) is 0 Å². The lowest BCUT2D eigenvalue weighted by atomic mass is 10.1. The number of ether oxygens (including phenoxy) is 2. The van der Waals surface area contributed by atoms with Crippen LogP contribution in [0.1, 0.15) is 6.92 Å². The number of nitrogens with two attached hydrogens (primary N) is 1. The van der Waals surface area contributed by atoms with E-state index in [4.69, 9.17) is 15.2 Å². The first-order chi connectivity index (χ1) is 13.8. The first-order valence-corrected chi connectivity index (χ1v) is 8.87. The van der Waals surface area contributed by atoms with Crippen LogP contribution in [0.4, 0.5) is 25.2 Å². The zero-order valence-corrected chi connectivity index (χ0v) is 15.3. The van der Waals surface area contributed by atoms with Crippen molar-refractivity contribution in [2.24, 2.45) is 5.73 Å². The molecule has 2 amide bonds. The molecule has 0 radical (unpaired) electrons. The van der Waals surface area contributed by atoms with Gasteiger partial charge < -0.3 is 20.5 Å². The number of cyclic esters (lactones) is 1. The number of rotatable bonds is 5. The number of carbonyl (C=O) groups is 2. The number of carbonyl (C=O) groups excluding carboxylic acids is 2. The largest absolute Gasteiger partial charge is 0.491 e. The van der Waals surface area contributed by atoms with Gasteiger partial charge in [0.2, 0.25) is 5.91 Å². The number of hydrogen-bond acceptors (Lipinski definition) is 7. The van der Waals surface area contributed by atoms with Gasteiger partial charge in [0.05, 0.1) is 12.1 Å². The number of amides is 2. The zero-order chi connectivity index (χ0) is 20.7. The molecule has 10 nitrogen and oxygen atoms in total. The molecule has 1 saturated heterocycles. The third-order valence-corrected chi connectivity index (χ3v) is 4.67. The predicted molar refractivity (Wildman–Crippen MR) is 96.9 cm³/mol. The Kier molecular flexibility index (Phi) is 4.68. The normalized spacial score (nSPS) is 19.1. The number of nitrogens with zero attached hydrogens (tertiary/aromatic N) is 4. The maximum absolute atomic E-state index is 13.2. The van der Waals surface area contributed by atoms with Gasteiger partial charge in [-0.05, 0) is 19.1 Å². The van der Waals surface area contributed by atoms with Crippen molar-refractivity contribution in [1.82, 2.24) is 14.8 Å². The minimum absolute atomic E-state index is 0.148. The third-order valence-electron chi connectivity index (χ3n) is 4.67. The molecule has 154 valence electrons. The van der Waals surface area contributed by atoms with Gasteiger partial charge in [-0.2, -0.15) is 4.98 Å². The van der Waals surface area contributed by atoms with Crippen molar-refractivity contribution in [3.05, 3.63) is 18.2 Å². The molecule has 4 rings (SSSR count). The van der Waals surface area contributed by atoms with Crippen molar-refractivity contribution in [1.29, 1.82) is 0 Å². The van der Waals surface area contributed by atoms with Gasteiger partial charge in [0, 0.05) is 11.8 Å². The summed E-state index contributed by atoms with van der Waals surface area (Å²) in [6.07, 6.45) is -3.70. The number of fused-ring (bicyclic) bond motifs is 3. The molecule has 1 aromatic carbocycles. The summed E-state index contributed by atoms with van der Waals surface area (Å²) in [4.78, 5) is 28.3. The van der Waals surface area contributed by atoms with Crippen molar-refractivity contribution in [3.8, 4) is 17.1 Å². The number of nitrogens with one attached hydrogen (secondary N) is 1. The summed E-state index contributed by atoms with van der Waals surface area (Å²) in [5.74, 6) is 0.190. The molecule has 0 aliphatic carbocycles. The van der Waals surface area contributed by atoms with E-state index >= 15 is 0 Å².